The average Bonchev–Trinajstić information content (AvgIpc) is 2.67. The molecule has 0 fully saturated rings. The van der Waals surface area contributed by atoms with Gasteiger partial charge in [-0.15, -0.1) is 11.3 Å². The fourth-order valence-corrected chi connectivity index (χ4v) is 3.06. The van der Waals surface area contributed by atoms with Gasteiger partial charge in [0.2, 0.25) is 0 Å². The summed E-state index contributed by atoms with van der Waals surface area (Å²) in [5.74, 6) is 0.0649. The van der Waals surface area contributed by atoms with Crippen molar-refractivity contribution in [1.29, 1.82) is 0 Å². The van der Waals surface area contributed by atoms with Gasteiger partial charge in [-0.2, -0.15) is 0 Å². The third-order valence-corrected chi connectivity index (χ3v) is 4.02. The van der Waals surface area contributed by atoms with Gasteiger partial charge in [-0.05, 0) is 12.1 Å². The number of carbonyl (C=O) groups is 1. The average molecular weight is 273 g/mol. The van der Waals surface area contributed by atoms with E-state index in [1.165, 1.54) is 14.2 Å². The summed E-state index contributed by atoms with van der Waals surface area (Å²) in [7, 11) is 3.03. The molecule has 90 valence electrons. The molecule has 17 heavy (non-hydrogen) atoms. The number of aromatic carboxylic acids is 1. The van der Waals surface area contributed by atoms with Gasteiger partial charge in [-0.3, -0.25) is 0 Å². The molecular formula is C11H9ClO4S. The molecule has 1 aromatic heterocycles. The normalized spacial score (nSPS) is 10.5. The van der Waals surface area contributed by atoms with Crippen molar-refractivity contribution in [1.82, 2.24) is 0 Å². The van der Waals surface area contributed by atoms with Crippen LogP contribution in [0, 0.1) is 0 Å². The molecule has 1 aromatic carbocycles. The van der Waals surface area contributed by atoms with E-state index in [9.17, 15) is 4.79 Å². The standard InChI is InChI=1S/C11H9ClO4S/c1-15-5-3-4-6(16-2)9-7(5)8(12)10(17-9)11(13)14/h3-4H,1-2H3,(H,13,14). The molecule has 0 saturated heterocycles. The lowest BCUT2D eigenvalue weighted by molar-refractivity contribution is 0.0702. The fourth-order valence-electron chi connectivity index (χ4n) is 1.58. The van der Waals surface area contributed by atoms with E-state index in [1.807, 2.05) is 0 Å². The monoisotopic (exact) mass is 272 g/mol. The Kier molecular flexibility index (Phi) is 3.13. The molecular weight excluding hydrogens is 264 g/mol. The van der Waals surface area contributed by atoms with E-state index in [2.05, 4.69) is 0 Å². The largest absolute Gasteiger partial charge is 0.496 e. The number of hydrogen-bond acceptors (Lipinski definition) is 4. The Morgan fingerprint density at radius 1 is 1.29 bits per heavy atom. The number of rotatable bonds is 3. The third kappa shape index (κ3) is 1.81. The third-order valence-electron chi connectivity index (χ3n) is 2.34. The fraction of sp³-hybridized carbons (Fsp3) is 0.182. The minimum Gasteiger partial charge on any atom is -0.496 e. The van der Waals surface area contributed by atoms with Crippen LogP contribution in [0.5, 0.6) is 11.5 Å². The van der Waals surface area contributed by atoms with E-state index in [0.29, 0.717) is 21.6 Å². The van der Waals surface area contributed by atoms with Gasteiger partial charge in [0, 0.05) is 0 Å². The second-order valence-corrected chi connectivity index (χ2v) is 4.62. The van der Waals surface area contributed by atoms with Gasteiger partial charge in [0.05, 0.1) is 29.3 Å². The zero-order valence-electron chi connectivity index (χ0n) is 9.11. The SMILES string of the molecule is COc1ccc(OC)c2c(Cl)c(C(=O)O)sc12. The maximum atomic E-state index is 11.0. The van der Waals surface area contributed by atoms with Gasteiger partial charge in [0.15, 0.2) is 0 Å². The second-order valence-electron chi connectivity index (χ2n) is 3.22. The molecule has 1 N–H and O–H groups in total. The Bertz CT molecular complexity index is 591. The van der Waals surface area contributed by atoms with Crippen LogP contribution in [0.25, 0.3) is 10.1 Å². The predicted octanol–water partition coefficient (Wildman–Crippen LogP) is 3.27. The molecule has 2 rings (SSSR count). The summed E-state index contributed by atoms with van der Waals surface area (Å²) >= 11 is 7.14. The summed E-state index contributed by atoms with van der Waals surface area (Å²) < 4.78 is 11.0. The van der Waals surface area contributed by atoms with Gasteiger partial charge in [-0.1, -0.05) is 11.6 Å². The highest BCUT2D eigenvalue weighted by molar-refractivity contribution is 7.22. The molecule has 1 heterocycles. The molecule has 0 aliphatic rings. The molecule has 0 saturated carbocycles. The summed E-state index contributed by atoms with van der Waals surface area (Å²) in [6, 6.07) is 3.42. The van der Waals surface area contributed by atoms with Crippen molar-refractivity contribution in [3.05, 3.63) is 22.0 Å². The molecule has 0 aliphatic heterocycles. The smallest absolute Gasteiger partial charge is 0.347 e. The number of carboxylic acid groups (broad SMARTS) is 1. The van der Waals surface area contributed by atoms with E-state index >= 15 is 0 Å². The molecule has 0 bridgehead atoms. The summed E-state index contributed by atoms with van der Waals surface area (Å²) in [5, 5.41) is 9.81. The van der Waals surface area contributed by atoms with Crippen LogP contribution in [0.15, 0.2) is 12.1 Å². The number of carboxylic acids is 1. The van der Waals surface area contributed by atoms with Crippen molar-refractivity contribution in [2.45, 2.75) is 0 Å². The van der Waals surface area contributed by atoms with Crippen molar-refractivity contribution in [2.24, 2.45) is 0 Å². The quantitative estimate of drug-likeness (QED) is 0.932. The first-order valence-electron chi connectivity index (χ1n) is 4.66. The zero-order chi connectivity index (χ0) is 12.6. The van der Waals surface area contributed by atoms with Crippen LogP contribution in [0.3, 0.4) is 0 Å². The maximum absolute atomic E-state index is 11.0. The summed E-state index contributed by atoms with van der Waals surface area (Å²) in [5.41, 5.74) is 0. The van der Waals surface area contributed by atoms with E-state index in [1.54, 1.807) is 12.1 Å². The van der Waals surface area contributed by atoms with Gasteiger partial charge in [0.1, 0.15) is 16.4 Å². The topological polar surface area (TPSA) is 55.8 Å². The van der Waals surface area contributed by atoms with Gasteiger partial charge in [-0.25, -0.2) is 4.79 Å². The van der Waals surface area contributed by atoms with E-state index < -0.39 is 5.97 Å². The Labute approximate surface area is 106 Å². The maximum Gasteiger partial charge on any atom is 0.347 e. The molecule has 0 atom stereocenters. The van der Waals surface area contributed by atoms with Crippen LogP contribution in [-0.2, 0) is 0 Å². The van der Waals surface area contributed by atoms with Crippen LogP contribution in [0.4, 0.5) is 0 Å². The minimum atomic E-state index is -1.06. The zero-order valence-corrected chi connectivity index (χ0v) is 10.7. The number of thiophene rings is 1. The molecule has 4 nitrogen and oxygen atoms in total. The molecule has 6 heteroatoms. The van der Waals surface area contributed by atoms with Crippen LogP contribution in [0.2, 0.25) is 5.02 Å². The number of ether oxygens (including phenoxy) is 2. The number of fused-ring (bicyclic) bond motifs is 1. The Hall–Kier alpha value is -1.46. The molecule has 0 unspecified atom stereocenters. The minimum absolute atomic E-state index is 0.0875. The summed E-state index contributed by atoms with van der Waals surface area (Å²) in [4.78, 5) is 11.1. The summed E-state index contributed by atoms with van der Waals surface area (Å²) in [6.45, 7) is 0. The number of hydrogen-bond donors (Lipinski definition) is 1. The molecule has 0 aliphatic carbocycles. The summed E-state index contributed by atoms with van der Waals surface area (Å²) in [6.07, 6.45) is 0. The van der Waals surface area contributed by atoms with Crippen LogP contribution in [0.1, 0.15) is 9.67 Å². The number of benzene rings is 1. The van der Waals surface area contributed by atoms with Gasteiger partial charge >= 0.3 is 5.97 Å². The van der Waals surface area contributed by atoms with Crippen molar-refractivity contribution in [3.63, 3.8) is 0 Å². The lowest BCUT2D eigenvalue weighted by Crippen LogP contribution is -1.91. The number of methoxy groups -OCH3 is 2. The highest BCUT2D eigenvalue weighted by atomic mass is 35.5. The Balaban J connectivity index is 2.87. The van der Waals surface area contributed by atoms with Gasteiger partial charge < -0.3 is 14.6 Å². The highest BCUT2D eigenvalue weighted by Crippen LogP contribution is 2.45. The molecule has 2 aromatic rings. The van der Waals surface area contributed by atoms with E-state index in [0.717, 1.165) is 11.3 Å². The van der Waals surface area contributed by atoms with E-state index in [-0.39, 0.29) is 9.90 Å². The van der Waals surface area contributed by atoms with Crippen molar-refractivity contribution in [3.8, 4) is 11.5 Å². The lowest BCUT2D eigenvalue weighted by atomic mass is 10.2. The van der Waals surface area contributed by atoms with Crippen molar-refractivity contribution in [2.75, 3.05) is 14.2 Å². The highest BCUT2D eigenvalue weighted by Gasteiger charge is 2.21. The number of halogens is 1. The van der Waals surface area contributed by atoms with Crippen molar-refractivity contribution < 1.29 is 19.4 Å². The first kappa shape index (κ1) is 12.0. The molecule has 0 amide bonds. The predicted molar refractivity (Wildman–Crippen MR) is 66.9 cm³/mol. The van der Waals surface area contributed by atoms with Gasteiger partial charge in [0.25, 0.3) is 0 Å². The van der Waals surface area contributed by atoms with Crippen LogP contribution >= 0.6 is 22.9 Å². The van der Waals surface area contributed by atoms with Crippen LogP contribution < -0.4 is 9.47 Å². The molecule has 0 radical (unpaired) electrons. The Morgan fingerprint density at radius 2 is 1.88 bits per heavy atom. The van der Waals surface area contributed by atoms with Crippen LogP contribution in [-0.4, -0.2) is 25.3 Å². The lowest BCUT2D eigenvalue weighted by Gasteiger charge is -2.05. The van der Waals surface area contributed by atoms with E-state index in [4.69, 9.17) is 26.2 Å². The second kappa shape index (κ2) is 4.43. The first-order chi connectivity index (χ1) is 8.10. The van der Waals surface area contributed by atoms with Crippen molar-refractivity contribution >= 4 is 39.0 Å². The Morgan fingerprint density at radius 3 is 2.41 bits per heavy atom. The molecule has 0 spiro atoms. The first-order valence-corrected chi connectivity index (χ1v) is 5.85.